The SMILES string of the molecule is CCC(C)(C)[C@@H]1CCc2c(sc3c2C(=O)N[C@@H](c2cc4c(cc2Cl)OCO4)N3)C1. The van der Waals surface area contributed by atoms with E-state index in [9.17, 15) is 4.79 Å². The van der Waals surface area contributed by atoms with Crippen LogP contribution in [0.4, 0.5) is 5.00 Å². The molecular formula is C22H25ClN2O3S. The molecule has 2 atom stereocenters. The van der Waals surface area contributed by atoms with E-state index in [-0.39, 0.29) is 18.9 Å². The summed E-state index contributed by atoms with van der Waals surface area (Å²) in [6.45, 7) is 7.18. The second-order valence-corrected chi connectivity index (χ2v) is 10.3. The van der Waals surface area contributed by atoms with E-state index in [1.54, 1.807) is 17.4 Å². The predicted molar refractivity (Wildman–Crippen MR) is 115 cm³/mol. The van der Waals surface area contributed by atoms with Crippen molar-refractivity contribution in [3.8, 4) is 11.5 Å². The Balaban J connectivity index is 1.46. The molecule has 5 nitrogen and oxygen atoms in total. The Morgan fingerprint density at radius 2 is 2.00 bits per heavy atom. The molecule has 1 aliphatic carbocycles. The maximum atomic E-state index is 13.0. The van der Waals surface area contributed by atoms with Crippen LogP contribution in [0.25, 0.3) is 0 Å². The fourth-order valence-electron chi connectivity index (χ4n) is 4.56. The summed E-state index contributed by atoms with van der Waals surface area (Å²) in [5.74, 6) is 1.92. The third-order valence-electron chi connectivity index (χ3n) is 6.86. The van der Waals surface area contributed by atoms with Crippen LogP contribution in [0, 0.1) is 11.3 Å². The summed E-state index contributed by atoms with van der Waals surface area (Å²) in [6, 6.07) is 3.60. The average molecular weight is 433 g/mol. The number of anilines is 1. The summed E-state index contributed by atoms with van der Waals surface area (Å²) in [4.78, 5) is 14.4. The van der Waals surface area contributed by atoms with Gasteiger partial charge in [-0.3, -0.25) is 4.79 Å². The van der Waals surface area contributed by atoms with Gasteiger partial charge in [0.1, 0.15) is 11.2 Å². The van der Waals surface area contributed by atoms with Crippen LogP contribution in [0.2, 0.25) is 5.02 Å². The van der Waals surface area contributed by atoms with Crippen molar-refractivity contribution >= 4 is 33.8 Å². The fourth-order valence-corrected chi connectivity index (χ4v) is 6.18. The zero-order valence-electron chi connectivity index (χ0n) is 16.9. The van der Waals surface area contributed by atoms with E-state index in [4.69, 9.17) is 21.1 Å². The van der Waals surface area contributed by atoms with Crippen molar-refractivity contribution < 1.29 is 14.3 Å². The van der Waals surface area contributed by atoms with Crippen LogP contribution in [-0.4, -0.2) is 12.7 Å². The van der Waals surface area contributed by atoms with Crippen LogP contribution in [-0.2, 0) is 12.8 Å². The van der Waals surface area contributed by atoms with Crippen LogP contribution >= 0.6 is 22.9 Å². The lowest BCUT2D eigenvalue weighted by molar-refractivity contribution is 0.0934. The van der Waals surface area contributed by atoms with Crippen LogP contribution < -0.4 is 20.1 Å². The van der Waals surface area contributed by atoms with Gasteiger partial charge < -0.3 is 20.1 Å². The minimum Gasteiger partial charge on any atom is -0.454 e. The molecule has 3 heterocycles. The van der Waals surface area contributed by atoms with Crippen molar-refractivity contribution in [2.45, 2.75) is 52.6 Å². The van der Waals surface area contributed by atoms with Crippen molar-refractivity contribution in [3.63, 3.8) is 0 Å². The van der Waals surface area contributed by atoms with E-state index in [0.717, 1.165) is 35.4 Å². The molecule has 7 heteroatoms. The second-order valence-electron chi connectivity index (χ2n) is 8.77. The number of halogens is 1. The molecule has 0 fully saturated rings. The van der Waals surface area contributed by atoms with Gasteiger partial charge in [-0.1, -0.05) is 38.8 Å². The summed E-state index contributed by atoms with van der Waals surface area (Å²) in [5.41, 5.74) is 3.16. The van der Waals surface area contributed by atoms with Gasteiger partial charge in [-0.15, -0.1) is 11.3 Å². The standard InChI is InChI=1S/C22H25ClN2O3S/c1-4-22(2,3)11-5-6-12-17(7-11)29-21-18(12)20(26)24-19(25-21)13-8-15-16(9-14(13)23)28-10-27-15/h8-9,11,19,25H,4-7,10H2,1-3H3,(H,24,26)/t11-,19-/m1/s1. The smallest absolute Gasteiger partial charge is 0.256 e. The Bertz CT molecular complexity index is 1000. The first-order chi connectivity index (χ1) is 13.9. The molecule has 1 amide bonds. The zero-order chi connectivity index (χ0) is 20.3. The molecule has 0 radical (unpaired) electrons. The Hall–Kier alpha value is -1.92. The first-order valence-corrected chi connectivity index (χ1v) is 11.4. The van der Waals surface area contributed by atoms with Crippen molar-refractivity contribution in [3.05, 3.63) is 38.7 Å². The molecule has 154 valence electrons. The second kappa shape index (κ2) is 6.81. The van der Waals surface area contributed by atoms with Gasteiger partial charge in [0, 0.05) is 16.5 Å². The van der Waals surface area contributed by atoms with E-state index in [0.29, 0.717) is 27.9 Å². The molecule has 2 aromatic rings. The topological polar surface area (TPSA) is 59.6 Å². The quantitative estimate of drug-likeness (QED) is 0.669. The number of ether oxygens (including phenoxy) is 2. The Morgan fingerprint density at radius 3 is 2.76 bits per heavy atom. The van der Waals surface area contributed by atoms with E-state index in [2.05, 4.69) is 31.4 Å². The van der Waals surface area contributed by atoms with E-state index in [1.165, 1.54) is 16.9 Å². The number of hydrogen-bond donors (Lipinski definition) is 2. The third-order valence-corrected chi connectivity index (χ3v) is 8.38. The number of carbonyl (C=O) groups excluding carboxylic acids is 1. The van der Waals surface area contributed by atoms with E-state index in [1.807, 2.05) is 6.07 Å². The summed E-state index contributed by atoms with van der Waals surface area (Å²) < 4.78 is 10.9. The number of carbonyl (C=O) groups is 1. The highest BCUT2D eigenvalue weighted by Crippen LogP contribution is 2.48. The predicted octanol–water partition coefficient (Wildman–Crippen LogP) is 5.53. The molecule has 0 saturated heterocycles. The van der Waals surface area contributed by atoms with Gasteiger partial charge in [-0.2, -0.15) is 0 Å². The molecule has 5 rings (SSSR count). The zero-order valence-corrected chi connectivity index (χ0v) is 18.4. The average Bonchev–Trinajstić information content (AvgIpc) is 3.30. The molecule has 1 aromatic heterocycles. The lowest BCUT2D eigenvalue weighted by atomic mass is 9.69. The molecule has 0 spiro atoms. The maximum absolute atomic E-state index is 13.0. The molecule has 2 aliphatic heterocycles. The van der Waals surface area contributed by atoms with Crippen molar-refractivity contribution in [2.75, 3.05) is 12.1 Å². The summed E-state index contributed by atoms with van der Waals surface area (Å²) >= 11 is 8.21. The normalized spacial score (nSPS) is 22.6. The number of rotatable bonds is 3. The summed E-state index contributed by atoms with van der Waals surface area (Å²) in [7, 11) is 0. The molecule has 0 bridgehead atoms. The molecule has 2 N–H and O–H groups in total. The van der Waals surface area contributed by atoms with Gasteiger partial charge in [0.25, 0.3) is 5.91 Å². The maximum Gasteiger partial charge on any atom is 0.256 e. The van der Waals surface area contributed by atoms with Crippen LogP contribution in [0.15, 0.2) is 12.1 Å². The van der Waals surface area contributed by atoms with Crippen LogP contribution in [0.1, 0.15) is 66.1 Å². The highest BCUT2D eigenvalue weighted by molar-refractivity contribution is 7.16. The first kappa shape index (κ1) is 19.1. The largest absolute Gasteiger partial charge is 0.454 e. The Kier molecular flexibility index (Phi) is 4.48. The highest BCUT2D eigenvalue weighted by atomic mass is 35.5. The van der Waals surface area contributed by atoms with Crippen LogP contribution in [0.3, 0.4) is 0 Å². The third kappa shape index (κ3) is 3.08. The van der Waals surface area contributed by atoms with Gasteiger partial charge in [-0.25, -0.2) is 0 Å². The van der Waals surface area contributed by atoms with Gasteiger partial charge in [0.2, 0.25) is 6.79 Å². The fraction of sp³-hybridized carbons (Fsp3) is 0.500. The Labute approximate surface area is 179 Å². The van der Waals surface area contributed by atoms with Crippen molar-refractivity contribution in [2.24, 2.45) is 11.3 Å². The number of hydrogen-bond acceptors (Lipinski definition) is 5. The monoisotopic (exact) mass is 432 g/mol. The molecule has 0 saturated carbocycles. The van der Waals surface area contributed by atoms with E-state index >= 15 is 0 Å². The molecule has 0 unspecified atom stereocenters. The summed E-state index contributed by atoms with van der Waals surface area (Å²) in [6.07, 6.45) is 3.95. The van der Waals surface area contributed by atoms with Gasteiger partial charge >= 0.3 is 0 Å². The van der Waals surface area contributed by atoms with E-state index < -0.39 is 0 Å². The number of nitrogens with one attached hydrogen (secondary N) is 2. The minimum absolute atomic E-state index is 0.0248. The molecular weight excluding hydrogens is 408 g/mol. The first-order valence-electron chi connectivity index (χ1n) is 10.2. The minimum atomic E-state index is -0.389. The highest BCUT2D eigenvalue weighted by Gasteiger charge is 2.38. The summed E-state index contributed by atoms with van der Waals surface area (Å²) in [5, 5.41) is 8.09. The number of amides is 1. The molecule has 3 aliphatic rings. The van der Waals surface area contributed by atoms with Gasteiger partial charge in [0.05, 0.1) is 10.6 Å². The van der Waals surface area contributed by atoms with Crippen LogP contribution in [0.5, 0.6) is 11.5 Å². The number of thiophene rings is 1. The molecule has 1 aromatic carbocycles. The van der Waals surface area contributed by atoms with Gasteiger partial charge in [-0.05, 0) is 42.2 Å². The lowest BCUT2D eigenvalue weighted by Crippen LogP contribution is -2.38. The molecule has 29 heavy (non-hydrogen) atoms. The lowest BCUT2D eigenvalue weighted by Gasteiger charge is -2.36. The van der Waals surface area contributed by atoms with Gasteiger partial charge in [0.15, 0.2) is 11.5 Å². The van der Waals surface area contributed by atoms with Crippen molar-refractivity contribution in [1.29, 1.82) is 0 Å². The Morgan fingerprint density at radius 1 is 1.24 bits per heavy atom. The number of fused-ring (bicyclic) bond motifs is 4. The van der Waals surface area contributed by atoms with Crippen molar-refractivity contribution in [1.82, 2.24) is 5.32 Å². The number of benzene rings is 1.